The molecule has 0 aliphatic heterocycles. The fraction of sp³-hybridized carbons (Fsp3) is 0.133. The van der Waals surface area contributed by atoms with Crippen LogP contribution in [-0.4, -0.2) is 6.21 Å². The molecular weight excluding hydrogens is 265 g/mol. The predicted molar refractivity (Wildman–Crippen MR) is 79.6 cm³/mol. The molecule has 3 heteroatoms. The van der Waals surface area contributed by atoms with Crippen LogP contribution in [0.2, 0.25) is 10.0 Å². The minimum Gasteiger partial charge on any atom is -0.256 e. The van der Waals surface area contributed by atoms with Crippen LogP contribution in [0.15, 0.2) is 41.4 Å². The van der Waals surface area contributed by atoms with E-state index in [1.54, 1.807) is 18.3 Å². The lowest BCUT2D eigenvalue weighted by Crippen LogP contribution is -1.85. The average molecular weight is 278 g/mol. The van der Waals surface area contributed by atoms with Crippen LogP contribution in [-0.2, 0) is 0 Å². The predicted octanol–water partition coefficient (Wildman–Crippen LogP) is 5.36. The Bertz CT molecular complexity index is 583. The van der Waals surface area contributed by atoms with Crippen LogP contribution in [0.1, 0.15) is 16.7 Å². The maximum atomic E-state index is 6.09. The second-order valence-corrected chi connectivity index (χ2v) is 5.00. The van der Waals surface area contributed by atoms with E-state index in [0.717, 1.165) is 16.8 Å². The molecule has 2 aromatic rings. The molecule has 0 bridgehead atoms. The molecular formula is C15H13Cl2N. The Morgan fingerprint density at radius 1 is 1.00 bits per heavy atom. The third-order valence-corrected chi connectivity index (χ3v) is 3.36. The van der Waals surface area contributed by atoms with Crippen molar-refractivity contribution in [1.82, 2.24) is 0 Å². The molecule has 0 atom stereocenters. The third kappa shape index (κ3) is 2.92. The molecule has 0 fully saturated rings. The number of rotatable bonds is 2. The van der Waals surface area contributed by atoms with Crippen LogP contribution in [0.3, 0.4) is 0 Å². The minimum atomic E-state index is 0.608. The molecule has 92 valence electrons. The van der Waals surface area contributed by atoms with Crippen molar-refractivity contribution in [2.45, 2.75) is 13.8 Å². The first kappa shape index (κ1) is 13.1. The number of halogens is 2. The van der Waals surface area contributed by atoms with Gasteiger partial charge in [-0.05, 0) is 43.2 Å². The molecule has 0 saturated carbocycles. The Balaban J connectivity index is 2.39. The van der Waals surface area contributed by atoms with Gasteiger partial charge in [0.25, 0.3) is 0 Å². The largest absolute Gasteiger partial charge is 0.256 e. The second kappa shape index (κ2) is 5.55. The number of hydrogen-bond acceptors (Lipinski definition) is 1. The highest BCUT2D eigenvalue weighted by atomic mass is 35.5. The molecule has 0 unspecified atom stereocenters. The van der Waals surface area contributed by atoms with Gasteiger partial charge in [-0.15, -0.1) is 0 Å². The molecule has 2 rings (SSSR count). The molecule has 0 aliphatic rings. The number of benzene rings is 2. The summed E-state index contributed by atoms with van der Waals surface area (Å²) < 4.78 is 0. The van der Waals surface area contributed by atoms with Gasteiger partial charge in [0.2, 0.25) is 0 Å². The van der Waals surface area contributed by atoms with Gasteiger partial charge >= 0.3 is 0 Å². The molecule has 18 heavy (non-hydrogen) atoms. The van der Waals surface area contributed by atoms with Crippen molar-refractivity contribution in [3.63, 3.8) is 0 Å². The molecule has 0 N–H and O–H groups in total. The van der Waals surface area contributed by atoms with Crippen LogP contribution in [0.4, 0.5) is 5.69 Å². The lowest BCUT2D eigenvalue weighted by atomic mass is 10.1. The maximum absolute atomic E-state index is 6.09. The normalized spacial score (nSPS) is 11.1. The molecule has 1 nitrogen and oxygen atoms in total. The average Bonchev–Trinajstić information content (AvgIpc) is 2.33. The van der Waals surface area contributed by atoms with Gasteiger partial charge in [0.15, 0.2) is 0 Å². The first-order chi connectivity index (χ1) is 8.58. The van der Waals surface area contributed by atoms with Crippen LogP contribution in [0.5, 0.6) is 0 Å². The van der Waals surface area contributed by atoms with Crippen molar-refractivity contribution in [1.29, 1.82) is 0 Å². The van der Waals surface area contributed by atoms with E-state index in [1.165, 1.54) is 5.56 Å². The zero-order valence-electron chi connectivity index (χ0n) is 10.2. The van der Waals surface area contributed by atoms with Gasteiger partial charge in [-0.2, -0.15) is 0 Å². The SMILES string of the molecule is Cc1ccc(C)c(N=Cc2c(Cl)cccc2Cl)c1. The van der Waals surface area contributed by atoms with E-state index in [2.05, 4.69) is 17.1 Å². The Hall–Kier alpha value is -1.31. The van der Waals surface area contributed by atoms with E-state index >= 15 is 0 Å². The first-order valence-electron chi connectivity index (χ1n) is 5.63. The summed E-state index contributed by atoms with van der Waals surface area (Å²) >= 11 is 12.2. The summed E-state index contributed by atoms with van der Waals surface area (Å²) in [5.74, 6) is 0. The zero-order valence-corrected chi connectivity index (χ0v) is 11.8. The second-order valence-electron chi connectivity index (χ2n) is 4.18. The van der Waals surface area contributed by atoms with E-state index in [9.17, 15) is 0 Å². The summed E-state index contributed by atoms with van der Waals surface area (Å²) in [6, 6.07) is 11.6. The highest BCUT2D eigenvalue weighted by molar-refractivity contribution is 6.38. The highest BCUT2D eigenvalue weighted by Crippen LogP contribution is 2.24. The summed E-state index contributed by atoms with van der Waals surface area (Å²) in [5.41, 5.74) is 3.99. The molecule has 0 saturated heterocycles. The van der Waals surface area contributed by atoms with Gasteiger partial charge < -0.3 is 0 Å². The van der Waals surface area contributed by atoms with Gasteiger partial charge in [0.1, 0.15) is 0 Å². The van der Waals surface area contributed by atoms with Gasteiger partial charge in [0.05, 0.1) is 15.7 Å². The number of aliphatic imine (C=N–C) groups is 1. The van der Waals surface area contributed by atoms with Crippen molar-refractivity contribution >= 4 is 35.1 Å². The Kier molecular flexibility index (Phi) is 4.05. The van der Waals surface area contributed by atoms with Crippen molar-refractivity contribution in [3.8, 4) is 0 Å². The molecule has 2 aromatic carbocycles. The Morgan fingerprint density at radius 3 is 2.33 bits per heavy atom. The summed E-state index contributed by atoms with van der Waals surface area (Å²) in [4.78, 5) is 4.46. The molecule has 0 radical (unpaired) electrons. The van der Waals surface area contributed by atoms with Crippen molar-refractivity contribution < 1.29 is 0 Å². The van der Waals surface area contributed by atoms with E-state index in [4.69, 9.17) is 23.2 Å². The number of nitrogens with zero attached hydrogens (tertiary/aromatic N) is 1. The quantitative estimate of drug-likeness (QED) is 0.655. The Labute approximate surface area is 117 Å². The van der Waals surface area contributed by atoms with Crippen LogP contribution in [0.25, 0.3) is 0 Å². The lowest BCUT2D eigenvalue weighted by Gasteiger charge is -2.03. The monoisotopic (exact) mass is 277 g/mol. The minimum absolute atomic E-state index is 0.608. The fourth-order valence-corrected chi connectivity index (χ4v) is 2.12. The molecule has 0 amide bonds. The lowest BCUT2D eigenvalue weighted by molar-refractivity contribution is 1.35. The number of hydrogen-bond donors (Lipinski definition) is 0. The first-order valence-corrected chi connectivity index (χ1v) is 6.39. The summed E-state index contributed by atoms with van der Waals surface area (Å²) in [7, 11) is 0. The van der Waals surface area contributed by atoms with Gasteiger partial charge in [-0.25, -0.2) is 0 Å². The molecule has 0 aliphatic carbocycles. The van der Waals surface area contributed by atoms with Crippen molar-refractivity contribution in [3.05, 3.63) is 63.1 Å². The summed E-state index contributed by atoms with van der Waals surface area (Å²) in [6.07, 6.45) is 1.71. The van der Waals surface area contributed by atoms with Crippen LogP contribution >= 0.6 is 23.2 Å². The smallest absolute Gasteiger partial charge is 0.0661 e. The standard InChI is InChI=1S/C15H13Cl2N/c1-10-6-7-11(2)15(8-10)18-9-12-13(16)4-3-5-14(12)17/h3-9H,1-2H3. The van der Waals surface area contributed by atoms with Gasteiger partial charge in [-0.1, -0.05) is 41.4 Å². The fourth-order valence-electron chi connectivity index (χ4n) is 1.63. The topological polar surface area (TPSA) is 12.4 Å². The van der Waals surface area contributed by atoms with E-state index in [-0.39, 0.29) is 0 Å². The Morgan fingerprint density at radius 2 is 1.67 bits per heavy atom. The van der Waals surface area contributed by atoms with E-state index < -0.39 is 0 Å². The third-order valence-electron chi connectivity index (χ3n) is 2.70. The highest BCUT2D eigenvalue weighted by Gasteiger charge is 2.02. The molecule has 0 heterocycles. The van der Waals surface area contributed by atoms with Crippen LogP contribution in [0, 0.1) is 13.8 Å². The molecule has 0 spiro atoms. The molecule has 0 aromatic heterocycles. The van der Waals surface area contributed by atoms with E-state index in [1.807, 2.05) is 26.0 Å². The zero-order chi connectivity index (χ0) is 13.1. The summed E-state index contributed by atoms with van der Waals surface area (Å²) in [5, 5.41) is 1.22. The number of aryl methyl sites for hydroxylation is 2. The van der Waals surface area contributed by atoms with Gasteiger partial charge in [-0.3, -0.25) is 4.99 Å². The van der Waals surface area contributed by atoms with E-state index in [0.29, 0.717) is 10.0 Å². The summed E-state index contributed by atoms with van der Waals surface area (Å²) in [6.45, 7) is 4.07. The van der Waals surface area contributed by atoms with Gasteiger partial charge in [0, 0.05) is 11.8 Å². The van der Waals surface area contributed by atoms with Crippen molar-refractivity contribution in [2.75, 3.05) is 0 Å². The van der Waals surface area contributed by atoms with Crippen LogP contribution < -0.4 is 0 Å². The van der Waals surface area contributed by atoms with Crippen molar-refractivity contribution in [2.24, 2.45) is 4.99 Å². The maximum Gasteiger partial charge on any atom is 0.0661 e.